The van der Waals surface area contributed by atoms with Crippen LogP contribution in [0.25, 0.3) is 0 Å². The minimum atomic E-state index is -4.32. The normalized spacial score (nSPS) is 13.5. The molecule has 102 valence electrons. The molecule has 1 atom stereocenters. The van der Waals surface area contributed by atoms with E-state index in [1.807, 2.05) is 6.92 Å². The molecule has 0 amide bonds. The molecule has 3 nitrogen and oxygen atoms in total. The second kappa shape index (κ2) is 4.60. The number of hydrogen-bond acceptors (Lipinski definition) is 2. The van der Waals surface area contributed by atoms with Gasteiger partial charge >= 0.3 is 6.18 Å². The molecule has 6 heteroatoms. The smallest absolute Gasteiger partial charge is 0.382 e. The molecule has 0 fully saturated rings. The van der Waals surface area contributed by atoms with Crippen molar-refractivity contribution in [1.82, 2.24) is 9.78 Å². The number of benzene rings is 1. The molecule has 2 N–H and O–H groups in total. The molecule has 0 bridgehead atoms. The molecule has 0 saturated heterocycles. The van der Waals surface area contributed by atoms with Gasteiger partial charge in [-0.15, -0.1) is 0 Å². The van der Waals surface area contributed by atoms with Crippen LogP contribution in [0.5, 0.6) is 0 Å². The van der Waals surface area contributed by atoms with Gasteiger partial charge in [-0.2, -0.15) is 18.3 Å². The largest absolute Gasteiger partial charge is 0.416 e. The summed E-state index contributed by atoms with van der Waals surface area (Å²) in [6.45, 7) is 3.52. The van der Waals surface area contributed by atoms with Gasteiger partial charge in [0.15, 0.2) is 0 Å². The molecule has 1 aromatic heterocycles. The average molecular weight is 269 g/mol. The van der Waals surface area contributed by atoms with E-state index in [1.165, 1.54) is 6.07 Å². The van der Waals surface area contributed by atoms with E-state index in [-0.39, 0.29) is 6.04 Å². The second-order valence-electron chi connectivity index (χ2n) is 4.47. The van der Waals surface area contributed by atoms with Gasteiger partial charge in [0.2, 0.25) is 0 Å². The Labute approximate surface area is 108 Å². The summed E-state index contributed by atoms with van der Waals surface area (Å²) < 4.78 is 39.4. The van der Waals surface area contributed by atoms with Gasteiger partial charge in [-0.3, -0.25) is 4.68 Å². The highest BCUT2D eigenvalue weighted by Gasteiger charge is 2.30. The highest BCUT2D eigenvalue weighted by atomic mass is 19.4. The quantitative estimate of drug-likeness (QED) is 0.908. The first-order valence-electron chi connectivity index (χ1n) is 5.77. The lowest BCUT2D eigenvalue weighted by Gasteiger charge is -2.17. The summed E-state index contributed by atoms with van der Waals surface area (Å²) in [7, 11) is 0. The summed E-state index contributed by atoms with van der Waals surface area (Å²) in [6, 6.07) is 5.21. The highest BCUT2D eigenvalue weighted by molar-refractivity contribution is 5.35. The zero-order valence-corrected chi connectivity index (χ0v) is 10.6. The van der Waals surface area contributed by atoms with Crippen molar-refractivity contribution in [2.24, 2.45) is 0 Å². The predicted molar refractivity (Wildman–Crippen MR) is 66.6 cm³/mol. The first-order valence-corrected chi connectivity index (χ1v) is 5.77. The number of aryl methyl sites for hydroxylation is 1. The Hall–Kier alpha value is -1.98. The Morgan fingerprint density at radius 1 is 1.26 bits per heavy atom. The molecule has 1 unspecified atom stereocenters. The lowest BCUT2D eigenvalue weighted by Crippen LogP contribution is -2.11. The molecule has 0 radical (unpaired) electrons. The van der Waals surface area contributed by atoms with Crippen LogP contribution < -0.4 is 5.73 Å². The van der Waals surface area contributed by atoms with Crippen LogP contribution in [0.15, 0.2) is 30.5 Å². The van der Waals surface area contributed by atoms with Crippen LogP contribution >= 0.6 is 0 Å². The number of anilines is 1. The zero-order valence-electron chi connectivity index (χ0n) is 10.6. The van der Waals surface area contributed by atoms with E-state index < -0.39 is 11.7 Å². The van der Waals surface area contributed by atoms with Crippen molar-refractivity contribution in [3.8, 4) is 0 Å². The zero-order chi connectivity index (χ0) is 14.2. The fourth-order valence-electron chi connectivity index (χ4n) is 2.03. The summed E-state index contributed by atoms with van der Waals surface area (Å²) in [5.41, 5.74) is 6.26. The third-order valence-corrected chi connectivity index (χ3v) is 3.07. The topological polar surface area (TPSA) is 43.8 Å². The first-order chi connectivity index (χ1) is 8.79. The molecule has 0 aliphatic rings. The second-order valence-corrected chi connectivity index (χ2v) is 4.47. The van der Waals surface area contributed by atoms with E-state index in [9.17, 15) is 13.2 Å². The highest BCUT2D eigenvalue weighted by Crippen LogP contribution is 2.32. The van der Waals surface area contributed by atoms with Crippen LogP contribution in [0.1, 0.15) is 29.7 Å². The third-order valence-electron chi connectivity index (χ3n) is 3.07. The minimum Gasteiger partial charge on any atom is -0.382 e. The SMILES string of the molecule is Cc1cc(C(F)(F)F)ccc1C(C)n1ccc(N)n1. The van der Waals surface area contributed by atoms with Gasteiger partial charge in [0.25, 0.3) is 0 Å². The summed E-state index contributed by atoms with van der Waals surface area (Å²) in [6.07, 6.45) is -2.61. The maximum atomic E-state index is 12.6. The van der Waals surface area contributed by atoms with E-state index in [4.69, 9.17) is 5.73 Å². The van der Waals surface area contributed by atoms with E-state index in [1.54, 1.807) is 23.9 Å². The summed E-state index contributed by atoms with van der Waals surface area (Å²) in [4.78, 5) is 0. The van der Waals surface area contributed by atoms with Crippen LogP contribution in [0, 0.1) is 6.92 Å². The summed E-state index contributed by atoms with van der Waals surface area (Å²) in [5.74, 6) is 0.386. The summed E-state index contributed by atoms with van der Waals surface area (Å²) >= 11 is 0. The lowest BCUT2D eigenvalue weighted by molar-refractivity contribution is -0.137. The van der Waals surface area contributed by atoms with Crippen molar-refractivity contribution in [3.63, 3.8) is 0 Å². The van der Waals surface area contributed by atoms with Crippen LogP contribution in [0.4, 0.5) is 19.0 Å². The maximum Gasteiger partial charge on any atom is 0.416 e. The van der Waals surface area contributed by atoms with Gasteiger partial charge in [-0.1, -0.05) is 6.07 Å². The van der Waals surface area contributed by atoms with Gasteiger partial charge < -0.3 is 5.73 Å². The number of hydrogen-bond donors (Lipinski definition) is 1. The van der Waals surface area contributed by atoms with Crippen LogP contribution in [-0.4, -0.2) is 9.78 Å². The molecule has 1 aromatic carbocycles. The molecule has 0 aliphatic carbocycles. The van der Waals surface area contributed by atoms with Gasteiger partial charge in [0, 0.05) is 6.20 Å². The van der Waals surface area contributed by atoms with E-state index in [0.29, 0.717) is 11.4 Å². The third kappa shape index (κ3) is 2.72. The number of halogens is 3. The molecule has 1 heterocycles. The van der Waals surface area contributed by atoms with Gasteiger partial charge in [-0.05, 0) is 43.2 Å². The first kappa shape index (κ1) is 13.5. The average Bonchev–Trinajstić information content (AvgIpc) is 2.73. The maximum absolute atomic E-state index is 12.6. The predicted octanol–water partition coefficient (Wildman–Crippen LogP) is 3.40. The number of nitrogens with two attached hydrogens (primary N) is 1. The summed E-state index contributed by atoms with van der Waals surface area (Å²) in [5, 5.41) is 4.07. The Balaban J connectivity index is 2.36. The standard InChI is InChI=1S/C13H14F3N3/c1-8-7-10(13(14,15)16)3-4-11(8)9(2)19-6-5-12(17)18-19/h3-7,9H,1-2H3,(H2,17,18). The molecule has 0 aliphatic heterocycles. The van der Waals surface area contributed by atoms with Gasteiger partial charge in [0.1, 0.15) is 5.82 Å². The Morgan fingerprint density at radius 2 is 1.95 bits per heavy atom. The van der Waals surface area contributed by atoms with E-state index in [2.05, 4.69) is 5.10 Å². The monoisotopic (exact) mass is 269 g/mol. The Kier molecular flexibility index (Phi) is 3.26. The fraction of sp³-hybridized carbons (Fsp3) is 0.308. The van der Waals surface area contributed by atoms with Crippen molar-refractivity contribution in [3.05, 3.63) is 47.2 Å². The fourth-order valence-corrected chi connectivity index (χ4v) is 2.03. The van der Waals surface area contributed by atoms with Crippen molar-refractivity contribution in [2.45, 2.75) is 26.1 Å². The van der Waals surface area contributed by atoms with Crippen molar-refractivity contribution < 1.29 is 13.2 Å². The minimum absolute atomic E-state index is 0.167. The van der Waals surface area contributed by atoms with Gasteiger partial charge in [0.05, 0.1) is 11.6 Å². The van der Waals surface area contributed by atoms with Crippen molar-refractivity contribution in [2.75, 3.05) is 5.73 Å². The number of nitrogens with zero attached hydrogens (tertiary/aromatic N) is 2. The Bertz CT molecular complexity index is 587. The van der Waals surface area contributed by atoms with Crippen molar-refractivity contribution in [1.29, 1.82) is 0 Å². The van der Waals surface area contributed by atoms with Crippen LogP contribution in [0.3, 0.4) is 0 Å². The number of nitrogen functional groups attached to an aromatic ring is 1. The van der Waals surface area contributed by atoms with E-state index >= 15 is 0 Å². The molecule has 2 rings (SSSR count). The molecular formula is C13H14F3N3. The van der Waals surface area contributed by atoms with Crippen LogP contribution in [-0.2, 0) is 6.18 Å². The van der Waals surface area contributed by atoms with Crippen molar-refractivity contribution >= 4 is 5.82 Å². The molecule has 0 saturated carbocycles. The van der Waals surface area contributed by atoms with Crippen LogP contribution in [0.2, 0.25) is 0 Å². The molecule has 19 heavy (non-hydrogen) atoms. The van der Waals surface area contributed by atoms with Gasteiger partial charge in [-0.25, -0.2) is 0 Å². The number of rotatable bonds is 2. The number of aromatic nitrogens is 2. The molecule has 0 spiro atoms. The van der Waals surface area contributed by atoms with E-state index in [0.717, 1.165) is 17.7 Å². The number of alkyl halides is 3. The lowest BCUT2D eigenvalue weighted by atomic mass is 10.00. The molecule has 2 aromatic rings. The molecular weight excluding hydrogens is 255 g/mol. The Morgan fingerprint density at radius 3 is 2.42 bits per heavy atom.